The molecule has 2 aliphatic heterocycles. The summed E-state index contributed by atoms with van der Waals surface area (Å²) in [5.74, 6) is 2.63. The number of thioether (sulfide) groups is 1. The number of hydrogen-bond acceptors (Lipinski definition) is 4. The Balaban J connectivity index is 1.60. The minimum atomic E-state index is 0.116. The molecule has 0 amide bonds. The average Bonchev–Trinajstić information content (AvgIpc) is 2.67. The van der Waals surface area contributed by atoms with Crippen LogP contribution < -0.4 is 5.32 Å². The quantitative estimate of drug-likeness (QED) is 0.755. The monoisotopic (exact) mass is 230 g/mol. The Bertz CT molecular complexity index is 203. The Morgan fingerprint density at radius 2 is 2.33 bits per heavy atom. The third-order valence-corrected chi connectivity index (χ3v) is 4.57. The van der Waals surface area contributed by atoms with Gasteiger partial charge in [0.25, 0.3) is 0 Å². The van der Waals surface area contributed by atoms with Gasteiger partial charge in [0.2, 0.25) is 0 Å². The maximum absolute atomic E-state index is 5.88. The van der Waals surface area contributed by atoms with Crippen molar-refractivity contribution in [2.45, 2.75) is 25.0 Å². The molecule has 0 aromatic heterocycles. The molecule has 1 unspecified atom stereocenters. The Labute approximate surface area is 96.9 Å². The normalized spacial score (nSPS) is 29.4. The number of likely N-dealkylation sites (N-methyl/N-ethyl adjacent to an activating group) is 1. The molecule has 2 saturated heterocycles. The topological polar surface area (TPSA) is 24.5 Å². The van der Waals surface area contributed by atoms with Crippen molar-refractivity contribution >= 4 is 11.8 Å². The zero-order valence-electron chi connectivity index (χ0n) is 9.79. The number of rotatable bonds is 5. The van der Waals surface area contributed by atoms with E-state index in [4.69, 9.17) is 4.74 Å². The van der Waals surface area contributed by atoms with Crippen molar-refractivity contribution in [1.82, 2.24) is 10.2 Å². The second-order valence-corrected chi connectivity index (χ2v) is 6.05. The van der Waals surface area contributed by atoms with Crippen LogP contribution in [0.4, 0.5) is 0 Å². The Morgan fingerprint density at radius 3 is 2.87 bits per heavy atom. The van der Waals surface area contributed by atoms with Crippen molar-refractivity contribution in [1.29, 1.82) is 0 Å². The lowest BCUT2D eigenvalue weighted by molar-refractivity contribution is -0.0723. The van der Waals surface area contributed by atoms with E-state index in [0.29, 0.717) is 0 Å². The molecule has 1 N–H and O–H groups in total. The first-order chi connectivity index (χ1) is 7.20. The summed E-state index contributed by atoms with van der Waals surface area (Å²) in [4.78, 5) is 2.45. The van der Waals surface area contributed by atoms with Crippen molar-refractivity contribution in [2.75, 3.05) is 44.8 Å². The molecule has 2 fully saturated rings. The molecule has 15 heavy (non-hydrogen) atoms. The van der Waals surface area contributed by atoms with Crippen LogP contribution in [0.5, 0.6) is 0 Å². The van der Waals surface area contributed by atoms with E-state index in [1.165, 1.54) is 17.9 Å². The zero-order chi connectivity index (χ0) is 10.7. The van der Waals surface area contributed by atoms with Crippen molar-refractivity contribution in [3.05, 3.63) is 0 Å². The molecule has 2 aliphatic rings. The molecule has 0 saturated carbocycles. The van der Waals surface area contributed by atoms with Gasteiger partial charge in [-0.2, -0.15) is 11.8 Å². The summed E-state index contributed by atoms with van der Waals surface area (Å²) in [6, 6.07) is 0.783. The largest absolute Gasteiger partial charge is 0.371 e. The highest BCUT2D eigenvalue weighted by molar-refractivity contribution is 7.99. The molecule has 0 radical (unpaired) electrons. The van der Waals surface area contributed by atoms with E-state index in [0.717, 1.165) is 32.3 Å². The summed E-state index contributed by atoms with van der Waals surface area (Å²) in [7, 11) is 2.22. The highest BCUT2D eigenvalue weighted by Crippen LogP contribution is 2.21. The van der Waals surface area contributed by atoms with Gasteiger partial charge in [0.15, 0.2) is 0 Å². The summed E-state index contributed by atoms with van der Waals surface area (Å²) in [6.07, 6.45) is 1.35. The van der Waals surface area contributed by atoms with Crippen LogP contribution in [0.1, 0.15) is 13.3 Å². The van der Waals surface area contributed by atoms with Gasteiger partial charge in [0.1, 0.15) is 0 Å². The van der Waals surface area contributed by atoms with E-state index in [1.807, 2.05) is 0 Å². The Kier molecular flexibility index (Phi) is 3.93. The Hall–Kier alpha value is 0.230. The summed E-state index contributed by atoms with van der Waals surface area (Å²) >= 11 is 2.07. The van der Waals surface area contributed by atoms with Gasteiger partial charge in [-0.05, 0) is 26.1 Å². The third-order valence-electron chi connectivity index (χ3n) is 3.42. The maximum Gasteiger partial charge on any atom is 0.0902 e. The van der Waals surface area contributed by atoms with Crippen LogP contribution in [-0.2, 0) is 4.74 Å². The SMILES string of the molecule is CN(CCOC1(C)CNC1)C1CCSC1. The molecule has 0 spiro atoms. The molecule has 0 aliphatic carbocycles. The highest BCUT2D eigenvalue weighted by Gasteiger charge is 2.32. The predicted octanol–water partition coefficient (Wildman–Crippen LogP) is 0.802. The lowest BCUT2D eigenvalue weighted by Crippen LogP contribution is -2.59. The van der Waals surface area contributed by atoms with Crippen LogP contribution in [0.2, 0.25) is 0 Å². The maximum atomic E-state index is 5.88. The van der Waals surface area contributed by atoms with Gasteiger partial charge in [0.05, 0.1) is 12.2 Å². The van der Waals surface area contributed by atoms with Crippen LogP contribution in [0.25, 0.3) is 0 Å². The smallest absolute Gasteiger partial charge is 0.0902 e. The van der Waals surface area contributed by atoms with Crippen LogP contribution in [0.15, 0.2) is 0 Å². The van der Waals surface area contributed by atoms with Crippen molar-refractivity contribution < 1.29 is 4.74 Å². The fraction of sp³-hybridized carbons (Fsp3) is 1.00. The van der Waals surface area contributed by atoms with Gasteiger partial charge in [-0.25, -0.2) is 0 Å². The summed E-state index contributed by atoms with van der Waals surface area (Å²) < 4.78 is 5.88. The fourth-order valence-corrected chi connectivity index (χ4v) is 3.37. The zero-order valence-corrected chi connectivity index (χ0v) is 10.6. The fourth-order valence-electron chi connectivity index (χ4n) is 2.07. The molecule has 3 nitrogen and oxygen atoms in total. The van der Waals surface area contributed by atoms with Crippen LogP contribution in [-0.4, -0.2) is 61.3 Å². The van der Waals surface area contributed by atoms with Crippen LogP contribution in [0, 0.1) is 0 Å². The first kappa shape index (κ1) is 11.7. The van der Waals surface area contributed by atoms with E-state index < -0.39 is 0 Å². The van der Waals surface area contributed by atoms with Crippen LogP contribution in [0.3, 0.4) is 0 Å². The number of nitrogens with one attached hydrogen (secondary N) is 1. The number of nitrogens with zero attached hydrogens (tertiary/aromatic N) is 1. The van der Waals surface area contributed by atoms with Crippen molar-refractivity contribution in [3.63, 3.8) is 0 Å². The van der Waals surface area contributed by atoms with E-state index in [-0.39, 0.29) is 5.60 Å². The molecule has 2 rings (SSSR count). The van der Waals surface area contributed by atoms with Gasteiger partial charge >= 0.3 is 0 Å². The first-order valence-corrected chi connectivity index (χ1v) is 6.98. The minimum Gasteiger partial charge on any atom is -0.371 e. The second kappa shape index (κ2) is 5.04. The lowest BCUT2D eigenvalue weighted by atomic mass is 10.0. The minimum absolute atomic E-state index is 0.116. The molecule has 2 heterocycles. The van der Waals surface area contributed by atoms with Crippen molar-refractivity contribution in [2.24, 2.45) is 0 Å². The standard InChI is InChI=1S/C11H22N2OS/c1-11(8-12-9-11)14-5-4-13(2)10-3-6-15-7-10/h10,12H,3-9H2,1-2H3. The summed E-state index contributed by atoms with van der Waals surface area (Å²) in [6.45, 7) is 6.15. The average molecular weight is 230 g/mol. The highest BCUT2D eigenvalue weighted by atomic mass is 32.2. The molecule has 0 bridgehead atoms. The number of ether oxygens (including phenoxy) is 1. The molecule has 1 atom stereocenters. The Morgan fingerprint density at radius 1 is 1.53 bits per heavy atom. The van der Waals surface area contributed by atoms with Gasteiger partial charge in [-0.1, -0.05) is 0 Å². The molecular weight excluding hydrogens is 208 g/mol. The van der Waals surface area contributed by atoms with Gasteiger partial charge in [-0.3, -0.25) is 0 Å². The van der Waals surface area contributed by atoms with E-state index in [2.05, 4.69) is 35.9 Å². The van der Waals surface area contributed by atoms with E-state index >= 15 is 0 Å². The van der Waals surface area contributed by atoms with Crippen LogP contribution >= 0.6 is 11.8 Å². The number of hydrogen-bond donors (Lipinski definition) is 1. The van der Waals surface area contributed by atoms with Gasteiger partial charge in [0, 0.05) is 31.4 Å². The molecule has 88 valence electrons. The second-order valence-electron chi connectivity index (χ2n) is 4.90. The summed E-state index contributed by atoms with van der Waals surface area (Å²) in [5, 5.41) is 3.25. The van der Waals surface area contributed by atoms with Gasteiger partial charge < -0.3 is 15.0 Å². The van der Waals surface area contributed by atoms with E-state index in [1.54, 1.807) is 0 Å². The summed E-state index contributed by atoms with van der Waals surface area (Å²) in [5.41, 5.74) is 0.116. The predicted molar refractivity (Wildman–Crippen MR) is 65.6 cm³/mol. The lowest BCUT2D eigenvalue weighted by Gasteiger charge is -2.39. The molecule has 0 aromatic carbocycles. The van der Waals surface area contributed by atoms with Crippen molar-refractivity contribution in [3.8, 4) is 0 Å². The van der Waals surface area contributed by atoms with E-state index in [9.17, 15) is 0 Å². The van der Waals surface area contributed by atoms with Gasteiger partial charge in [-0.15, -0.1) is 0 Å². The molecular formula is C11H22N2OS. The third kappa shape index (κ3) is 3.09. The molecule has 4 heteroatoms. The first-order valence-electron chi connectivity index (χ1n) is 5.82. The molecule has 0 aromatic rings.